The largest absolute Gasteiger partial charge is 0.327 e. The van der Waals surface area contributed by atoms with Crippen LogP contribution < -0.4 is 11.1 Å². The van der Waals surface area contributed by atoms with Crippen LogP contribution in [0.5, 0.6) is 0 Å². The second-order valence-electron chi connectivity index (χ2n) is 5.40. The molecule has 110 valence electrons. The fourth-order valence-corrected chi connectivity index (χ4v) is 2.82. The van der Waals surface area contributed by atoms with Gasteiger partial charge in [0.25, 0.3) is 0 Å². The fourth-order valence-electron chi connectivity index (χ4n) is 2.82. The predicted molar refractivity (Wildman–Crippen MR) is 79.9 cm³/mol. The first-order valence-corrected chi connectivity index (χ1v) is 7.26. The Morgan fingerprint density at radius 2 is 2.10 bits per heavy atom. The summed E-state index contributed by atoms with van der Waals surface area (Å²) in [7, 11) is 0. The molecule has 6 nitrogen and oxygen atoms in total. The van der Waals surface area contributed by atoms with Crippen LogP contribution in [-0.2, 0) is 4.79 Å². The van der Waals surface area contributed by atoms with E-state index in [9.17, 15) is 4.79 Å². The Morgan fingerprint density at radius 3 is 2.86 bits per heavy atom. The first-order chi connectivity index (χ1) is 10.3. The molecule has 0 aliphatic heterocycles. The van der Waals surface area contributed by atoms with E-state index in [1.54, 1.807) is 11.0 Å². The molecule has 1 amide bonds. The highest BCUT2D eigenvalue weighted by atomic mass is 16.1. The van der Waals surface area contributed by atoms with Gasteiger partial charge in [-0.1, -0.05) is 25.0 Å². The molecule has 1 aliphatic rings. The summed E-state index contributed by atoms with van der Waals surface area (Å²) >= 11 is 0. The third-order valence-electron chi connectivity index (χ3n) is 3.98. The topological polar surface area (TPSA) is 85.8 Å². The van der Waals surface area contributed by atoms with Crippen molar-refractivity contribution in [3.63, 3.8) is 0 Å². The van der Waals surface area contributed by atoms with Gasteiger partial charge in [0.15, 0.2) is 0 Å². The highest BCUT2D eigenvalue weighted by Crippen LogP contribution is 2.26. The number of nitrogens with zero attached hydrogens (tertiary/aromatic N) is 3. The average molecular weight is 285 g/mol. The third kappa shape index (κ3) is 2.95. The van der Waals surface area contributed by atoms with E-state index in [1.165, 1.54) is 6.33 Å². The Bertz CT molecular complexity index is 610. The Labute approximate surface area is 123 Å². The molecule has 0 spiro atoms. The van der Waals surface area contributed by atoms with Crippen LogP contribution in [0.2, 0.25) is 0 Å². The van der Waals surface area contributed by atoms with Gasteiger partial charge in [-0.05, 0) is 25.0 Å². The summed E-state index contributed by atoms with van der Waals surface area (Å²) < 4.78 is 1.64. The minimum atomic E-state index is -0.109. The monoisotopic (exact) mass is 285 g/mol. The Kier molecular flexibility index (Phi) is 3.96. The highest BCUT2D eigenvalue weighted by molar-refractivity contribution is 5.94. The number of carbonyl (C=O) groups is 1. The summed E-state index contributed by atoms with van der Waals surface area (Å²) in [5.41, 5.74) is 7.60. The number of carbonyl (C=O) groups excluding carboxylic acids is 1. The van der Waals surface area contributed by atoms with Crippen molar-refractivity contribution < 1.29 is 4.79 Å². The van der Waals surface area contributed by atoms with Gasteiger partial charge in [-0.15, -0.1) is 0 Å². The van der Waals surface area contributed by atoms with E-state index in [-0.39, 0.29) is 17.9 Å². The van der Waals surface area contributed by atoms with Gasteiger partial charge in [0.2, 0.25) is 5.91 Å². The highest BCUT2D eigenvalue weighted by Gasteiger charge is 2.28. The molecule has 2 atom stereocenters. The van der Waals surface area contributed by atoms with Crippen molar-refractivity contribution in [3.8, 4) is 5.69 Å². The first kappa shape index (κ1) is 13.8. The molecular weight excluding hydrogens is 266 g/mol. The number of aromatic nitrogens is 3. The van der Waals surface area contributed by atoms with Gasteiger partial charge in [0.05, 0.1) is 17.3 Å². The van der Waals surface area contributed by atoms with E-state index in [4.69, 9.17) is 5.73 Å². The van der Waals surface area contributed by atoms with E-state index in [0.717, 1.165) is 37.1 Å². The summed E-state index contributed by atoms with van der Waals surface area (Å²) in [6, 6.07) is 7.50. The molecular formula is C15H19N5O. The van der Waals surface area contributed by atoms with Crippen LogP contribution in [-0.4, -0.2) is 26.7 Å². The lowest BCUT2D eigenvalue weighted by atomic mass is 9.84. The Morgan fingerprint density at radius 1 is 1.29 bits per heavy atom. The van der Waals surface area contributed by atoms with Crippen LogP contribution in [0.3, 0.4) is 0 Å². The molecule has 3 rings (SSSR count). The number of nitrogens with one attached hydrogen (secondary N) is 1. The third-order valence-corrected chi connectivity index (χ3v) is 3.98. The van der Waals surface area contributed by atoms with Crippen LogP contribution in [0, 0.1) is 5.92 Å². The number of hydrogen-bond acceptors (Lipinski definition) is 4. The lowest BCUT2D eigenvalue weighted by Crippen LogP contribution is -2.40. The van der Waals surface area contributed by atoms with Crippen molar-refractivity contribution in [1.82, 2.24) is 14.8 Å². The smallest absolute Gasteiger partial charge is 0.229 e. The van der Waals surface area contributed by atoms with E-state index in [2.05, 4.69) is 15.4 Å². The SMILES string of the molecule is NC1CCCCC1C(=O)Nc1ccccc1-n1cncn1. The predicted octanol–water partition coefficient (Wildman–Crippen LogP) is 1.72. The summed E-state index contributed by atoms with van der Waals surface area (Å²) in [5, 5.41) is 7.10. The number of nitrogens with two attached hydrogens (primary N) is 1. The normalized spacial score (nSPS) is 22.0. The van der Waals surface area contributed by atoms with E-state index in [0.29, 0.717) is 0 Å². The zero-order valence-electron chi connectivity index (χ0n) is 11.8. The molecule has 21 heavy (non-hydrogen) atoms. The van der Waals surface area contributed by atoms with Gasteiger partial charge in [-0.2, -0.15) is 5.10 Å². The fraction of sp³-hybridized carbons (Fsp3) is 0.400. The average Bonchev–Trinajstić information content (AvgIpc) is 3.02. The molecule has 1 aliphatic carbocycles. The molecule has 0 bridgehead atoms. The molecule has 0 saturated heterocycles. The van der Waals surface area contributed by atoms with Crippen LogP contribution >= 0.6 is 0 Å². The number of para-hydroxylation sites is 2. The minimum Gasteiger partial charge on any atom is -0.327 e. The molecule has 1 heterocycles. The van der Waals surface area contributed by atoms with Crippen LogP contribution in [0.4, 0.5) is 5.69 Å². The van der Waals surface area contributed by atoms with Crippen molar-refractivity contribution in [2.24, 2.45) is 11.7 Å². The van der Waals surface area contributed by atoms with E-state index < -0.39 is 0 Å². The lowest BCUT2D eigenvalue weighted by Gasteiger charge is -2.27. The lowest BCUT2D eigenvalue weighted by molar-refractivity contribution is -0.121. The van der Waals surface area contributed by atoms with Crippen molar-refractivity contribution in [2.45, 2.75) is 31.7 Å². The van der Waals surface area contributed by atoms with Crippen LogP contribution in [0.1, 0.15) is 25.7 Å². The van der Waals surface area contributed by atoms with Crippen molar-refractivity contribution >= 4 is 11.6 Å². The molecule has 1 fully saturated rings. The van der Waals surface area contributed by atoms with Gasteiger partial charge >= 0.3 is 0 Å². The number of amides is 1. The molecule has 1 saturated carbocycles. The van der Waals surface area contributed by atoms with Gasteiger partial charge in [-0.25, -0.2) is 9.67 Å². The maximum Gasteiger partial charge on any atom is 0.229 e. The minimum absolute atomic E-state index is 0.00485. The summed E-state index contributed by atoms with van der Waals surface area (Å²) in [6.45, 7) is 0. The summed E-state index contributed by atoms with van der Waals surface area (Å²) in [4.78, 5) is 16.4. The number of rotatable bonds is 3. The molecule has 1 aromatic carbocycles. The second kappa shape index (κ2) is 6.05. The number of anilines is 1. The maximum atomic E-state index is 12.5. The second-order valence-corrected chi connectivity index (χ2v) is 5.40. The van der Waals surface area contributed by atoms with Gasteiger partial charge in [-0.3, -0.25) is 4.79 Å². The molecule has 2 aromatic rings. The first-order valence-electron chi connectivity index (χ1n) is 7.26. The molecule has 1 aromatic heterocycles. The van der Waals surface area contributed by atoms with E-state index in [1.807, 2.05) is 24.3 Å². The molecule has 2 unspecified atom stereocenters. The Hall–Kier alpha value is -2.21. The van der Waals surface area contributed by atoms with Crippen LogP contribution in [0.25, 0.3) is 5.69 Å². The molecule has 3 N–H and O–H groups in total. The molecule has 6 heteroatoms. The van der Waals surface area contributed by atoms with Crippen molar-refractivity contribution in [1.29, 1.82) is 0 Å². The van der Waals surface area contributed by atoms with E-state index >= 15 is 0 Å². The number of benzene rings is 1. The van der Waals surface area contributed by atoms with Crippen LogP contribution in [0.15, 0.2) is 36.9 Å². The zero-order valence-corrected chi connectivity index (χ0v) is 11.8. The van der Waals surface area contributed by atoms with Gasteiger partial charge in [0, 0.05) is 6.04 Å². The maximum absolute atomic E-state index is 12.5. The Balaban J connectivity index is 1.80. The zero-order chi connectivity index (χ0) is 14.7. The van der Waals surface area contributed by atoms with Gasteiger partial charge < -0.3 is 11.1 Å². The van der Waals surface area contributed by atoms with Crippen molar-refractivity contribution in [3.05, 3.63) is 36.9 Å². The quantitative estimate of drug-likeness (QED) is 0.899. The standard InChI is InChI=1S/C15H19N5O/c16-12-6-2-1-5-11(12)15(21)19-13-7-3-4-8-14(13)20-10-17-9-18-20/h3-4,7-12H,1-2,5-6,16H2,(H,19,21). The molecule has 0 radical (unpaired) electrons. The number of hydrogen-bond donors (Lipinski definition) is 2. The van der Waals surface area contributed by atoms with Crippen molar-refractivity contribution in [2.75, 3.05) is 5.32 Å². The summed E-state index contributed by atoms with van der Waals surface area (Å²) in [5.74, 6) is -0.114. The van der Waals surface area contributed by atoms with Gasteiger partial charge in [0.1, 0.15) is 12.7 Å². The summed E-state index contributed by atoms with van der Waals surface area (Å²) in [6.07, 6.45) is 7.03.